The minimum atomic E-state index is 0.116. The van der Waals surface area contributed by atoms with Gasteiger partial charge in [-0.1, -0.05) is 22.0 Å². The van der Waals surface area contributed by atoms with Crippen LogP contribution in [0.4, 0.5) is 0 Å². The van der Waals surface area contributed by atoms with Gasteiger partial charge in [-0.25, -0.2) is 0 Å². The zero-order valence-electron chi connectivity index (χ0n) is 8.43. The number of carbonyl (C=O) groups excluding carboxylic acids is 1. The minimum Gasteiger partial charge on any atom is -0.330 e. The normalized spacial score (nSPS) is 10.3. The Morgan fingerprint density at radius 2 is 2.00 bits per heavy atom. The summed E-state index contributed by atoms with van der Waals surface area (Å²) in [6.07, 6.45) is 0.413. The number of rotatable bonds is 3. The van der Waals surface area contributed by atoms with Crippen LogP contribution in [-0.4, -0.2) is 12.3 Å². The van der Waals surface area contributed by atoms with Crippen LogP contribution >= 0.6 is 15.9 Å². The van der Waals surface area contributed by atoms with Gasteiger partial charge in [0, 0.05) is 16.5 Å². The second-order valence-corrected chi connectivity index (χ2v) is 4.23. The molecule has 0 bridgehead atoms. The van der Waals surface area contributed by atoms with Gasteiger partial charge in [-0.05, 0) is 37.6 Å². The number of aryl methyl sites for hydroxylation is 2. The molecule has 1 aromatic rings. The predicted octanol–water partition coefficient (Wildman–Crippen LogP) is 2.60. The van der Waals surface area contributed by atoms with Crippen LogP contribution in [0.1, 0.15) is 27.9 Å². The van der Waals surface area contributed by atoms with E-state index in [4.69, 9.17) is 5.73 Å². The Balaban J connectivity index is 3.09. The van der Waals surface area contributed by atoms with Crippen LogP contribution in [0, 0.1) is 13.8 Å². The standard InChI is InChI=1S/C11H14BrNO/c1-7-5-8(2)10(12)6-9(7)11(14)3-4-13/h5-6H,3-4,13H2,1-2H3. The molecule has 14 heavy (non-hydrogen) atoms. The van der Waals surface area contributed by atoms with Gasteiger partial charge in [0.05, 0.1) is 0 Å². The first-order valence-electron chi connectivity index (χ1n) is 4.56. The third-order valence-corrected chi connectivity index (χ3v) is 3.03. The number of Topliss-reactive ketones (excluding diaryl/α,β-unsaturated/α-hetero) is 1. The fraction of sp³-hybridized carbons (Fsp3) is 0.364. The molecule has 76 valence electrons. The first-order valence-corrected chi connectivity index (χ1v) is 5.35. The zero-order chi connectivity index (χ0) is 10.7. The number of nitrogens with two attached hydrogens (primary N) is 1. The Kier molecular flexibility index (Phi) is 3.84. The lowest BCUT2D eigenvalue weighted by atomic mass is 10.0. The van der Waals surface area contributed by atoms with Crippen LogP contribution < -0.4 is 5.73 Å². The Morgan fingerprint density at radius 1 is 1.36 bits per heavy atom. The summed E-state index contributed by atoms with van der Waals surface area (Å²) in [6.45, 7) is 4.36. The summed E-state index contributed by atoms with van der Waals surface area (Å²) in [6, 6.07) is 3.89. The maximum Gasteiger partial charge on any atom is 0.164 e. The van der Waals surface area contributed by atoms with Crippen molar-refractivity contribution >= 4 is 21.7 Å². The molecule has 2 nitrogen and oxygen atoms in total. The molecule has 0 aliphatic heterocycles. The van der Waals surface area contributed by atoms with E-state index in [9.17, 15) is 4.79 Å². The van der Waals surface area contributed by atoms with Gasteiger partial charge < -0.3 is 5.73 Å². The Hall–Kier alpha value is -0.670. The highest BCUT2D eigenvalue weighted by atomic mass is 79.9. The second-order valence-electron chi connectivity index (χ2n) is 3.38. The van der Waals surface area contributed by atoms with E-state index in [0.717, 1.165) is 21.2 Å². The summed E-state index contributed by atoms with van der Waals surface area (Å²) in [5, 5.41) is 0. The fourth-order valence-electron chi connectivity index (χ4n) is 1.39. The molecule has 0 amide bonds. The Labute approximate surface area is 92.6 Å². The molecule has 0 saturated carbocycles. The quantitative estimate of drug-likeness (QED) is 0.844. The highest BCUT2D eigenvalue weighted by Crippen LogP contribution is 2.21. The van der Waals surface area contributed by atoms with E-state index in [0.29, 0.717) is 13.0 Å². The van der Waals surface area contributed by atoms with E-state index in [2.05, 4.69) is 15.9 Å². The van der Waals surface area contributed by atoms with Crippen molar-refractivity contribution in [2.24, 2.45) is 5.73 Å². The van der Waals surface area contributed by atoms with E-state index in [1.165, 1.54) is 0 Å². The summed E-state index contributed by atoms with van der Waals surface area (Å²) in [5.41, 5.74) is 8.29. The highest BCUT2D eigenvalue weighted by Gasteiger charge is 2.09. The molecule has 0 fully saturated rings. The maximum atomic E-state index is 11.6. The minimum absolute atomic E-state index is 0.116. The van der Waals surface area contributed by atoms with Crippen molar-refractivity contribution < 1.29 is 4.79 Å². The zero-order valence-corrected chi connectivity index (χ0v) is 10.0. The lowest BCUT2D eigenvalue weighted by Gasteiger charge is -2.07. The van der Waals surface area contributed by atoms with Gasteiger partial charge in [0.1, 0.15) is 0 Å². The van der Waals surface area contributed by atoms with Gasteiger partial charge in [-0.15, -0.1) is 0 Å². The number of carbonyl (C=O) groups is 1. The van der Waals surface area contributed by atoms with Crippen molar-refractivity contribution in [3.8, 4) is 0 Å². The SMILES string of the molecule is Cc1cc(C)c(C(=O)CCN)cc1Br. The van der Waals surface area contributed by atoms with Crippen LogP contribution in [0.3, 0.4) is 0 Å². The molecule has 1 aromatic carbocycles. The topological polar surface area (TPSA) is 43.1 Å². The van der Waals surface area contributed by atoms with E-state index in [1.807, 2.05) is 26.0 Å². The predicted molar refractivity (Wildman–Crippen MR) is 61.6 cm³/mol. The summed E-state index contributed by atoms with van der Waals surface area (Å²) >= 11 is 3.42. The summed E-state index contributed by atoms with van der Waals surface area (Å²) in [4.78, 5) is 11.6. The molecule has 0 spiro atoms. The van der Waals surface area contributed by atoms with Crippen molar-refractivity contribution in [1.29, 1.82) is 0 Å². The van der Waals surface area contributed by atoms with Crippen molar-refractivity contribution in [3.05, 3.63) is 33.3 Å². The van der Waals surface area contributed by atoms with Gasteiger partial charge in [0.25, 0.3) is 0 Å². The Morgan fingerprint density at radius 3 is 2.57 bits per heavy atom. The van der Waals surface area contributed by atoms with E-state index >= 15 is 0 Å². The fourth-order valence-corrected chi connectivity index (χ4v) is 1.74. The lowest BCUT2D eigenvalue weighted by Crippen LogP contribution is -2.09. The van der Waals surface area contributed by atoms with Crippen LogP contribution in [-0.2, 0) is 0 Å². The molecule has 0 atom stereocenters. The van der Waals surface area contributed by atoms with Crippen molar-refractivity contribution in [1.82, 2.24) is 0 Å². The molecule has 0 aliphatic carbocycles. The van der Waals surface area contributed by atoms with E-state index in [1.54, 1.807) is 0 Å². The van der Waals surface area contributed by atoms with Crippen molar-refractivity contribution in [2.45, 2.75) is 20.3 Å². The van der Waals surface area contributed by atoms with Crippen LogP contribution in [0.15, 0.2) is 16.6 Å². The summed E-state index contributed by atoms with van der Waals surface area (Å²) in [7, 11) is 0. The molecule has 1 rings (SSSR count). The summed E-state index contributed by atoms with van der Waals surface area (Å²) < 4.78 is 0.975. The number of benzene rings is 1. The molecule has 0 unspecified atom stereocenters. The highest BCUT2D eigenvalue weighted by molar-refractivity contribution is 9.10. The molecule has 3 heteroatoms. The number of halogens is 1. The smallest absolute Gasteiger partial charge is 0.164 e. The third kappa shape index (κ3) is 2.42. The average molecular weight is 256 g/mol. The molecule has 0 saturated heterocycles. The first kappa shape index (κ1) is 11.4. The molecular formula is C11H14BrNO. The van der Waals surface area contributed by atoms with E-state index in [-0.39, 0.29) is 5.78 Å². The number of hydrogen-bond acceptors (Lipinski definition) is 2. The third-order valence-electron chi connectivity index (χ3n) is 2.18. The van der Waals surface area contributed by atoms with Gasteiger partial charge in [0.15, 0.2) is 5.78 Å². The van der Waals surface area contributed by atoms with Crippen molar-refractivity contribution in [2.75, 3.05) is 6.54 Å². The summed E-state index contributed by atoms with van der Waals surface area (Å²) in [5.74, 6) is 0.116. The van der Waals surface area contributed by atoms with Crippen molar-refractivity contribution in [3.63, 3.8) is 0 Å². The van der Waals surface area contributed by atoms with Gasteiger partial charge >= 0.3 is 0 Å². The number of ketones is 1. The second kappa shape index (κ2) is 4.71. The molecule has 0 aliphatic rings. The van der Waals surface area contributed by atoms with Gasteiger partial charge in [-0.3, -0.25) is 4.79 Å². The maximum absolute atomic E-state index is 11.6. The number of hydrogen-bond donors (Lipinski definition) is 1. The average Bonchev–Trinajstić information content (AvgIpc) is 2.11. The largest absolute Gasteiger partial charge is 0.330 e. The molecule has 0 heterocycles. The Bertz CT molecular complexity index is 361. The molecule has 0 radical (unpaired) electrons. The van der Waals surface area contributed by atoms with Crippen LogP contribution in [0.5, 0.6) is 0 Å². The van der Waals surface area contributed by atoms with Gasteiger partial charge in [-0.2, -0.15) is 0 Å². The first-order chi connectivity index (χ1) is 6.56. The molecular weight excluding hydrogens is 242 g/mol. The lowest BCUT2D eigenvalue weighted by molar-refractivity contribution is 0.0985. The molecule has 2 N–H and O–H groups in total. The van der Waals surface area contributed by atoms with Crippen LogP contribution in [0.2, 0.25) is 0 Å². The van der Waals surface area contributed by atoms with E-state index < -0.39 is 0 Å². The van der Waals surface area contributed by atoms with Gasteiger partial charge in [0.2, 0.25) is 0 Å². The monoisotopic (exact) mass is 255 g/mol. The van der Waals surface area contributed by atoms with Crippen LogP contribution in [0.25, 0.3) is 0 Å². The molecule has 0 aromatic heterocycles.